The fraction of sp³-hybridized carbons (Fsp3) is 0.300. The number of benzene rings is 2. The molecule has 0 aromatic heterocycles. The van der Waals surface area contributed by atoms with Gasteiger partial charge in [0.15, 0.2) is 17.3 Å². The van der Waals surface area contributed by atoms with Gasteiger partial charge in [-0.25, -0.2) is 4.79 Å². The van der Waals surface area contributed by atoms with E-state index < -0.39 is 5.97 Å². The van der Waals surface area contributed by atoms with Gasteiger partial charge in [-0.3, -0.25) is 4.79 Å². The Labute approximate surface area is 157 Å². The van der Waals surface area contributed by atoms with Gasteiger partial charge in [0.1, 0.15) is 23.7 Å². The first-order valence-corrected chi connectivity index (χ1v) is 8.10. The zero-order chi connectivity index (χ0) is 20.0. The number of esters is 1. The standard InChI is InChI=1S/C20H22O7/c1-12-6-7-13(15(21)11-23-2)17(8-12)27-20(22)14-9-18(25-4)19(26-5)10-16(14)24-3/h6-10H,11H2,1-5H3. The highest BCUT2D eigenvalue weighted by Gasteiger charge is 2.22. The number of aryl methyl sites for hydroxylation is 1. The fourth-order valence-electron chi connectivity index (χ4n) is 2.50. The number of rotatable bonds is 8. The van der Waals surface area contributed by atoms with Crippen LogP contribution in [0.15, 0.2) is 30.3 Å². The summed E-state index contributed by atoms with van der Waals surface area (Å²) in [6.07, 6.45) is 0. The molecule has 0 N–H and O–H groups in total. The van der Waals surface area contributed by atoms with Crippen molar-refractivity contribution >= 4 is 11.8 Å². The Hall–Kier alpha value is -3.06. The Balaban J connectivity index is 2.43. The highest BCUT2D eigenvalue weighted by molar-refractivity contribution is 6.02. The molecule has 0 unspecified atom stereocenters. The Kier molecular flexibility index (Phi) is 6.79. The van der Waals surface area contributed by atoms with Gasteiger partial charge in [0.05, 0.1) is 26.9 Å². The van der Waals surface area contributed by atoms with Crippen LogP contribution < -0.4 is 18.9 Å². The summed E-state index contributed by atoms with van der Waals surface area (Å²) in [6, 6.07) is 7.98. The van der Waals surface area contributed by atoms with Crippen molar-refractivity contribution in [2.75, 3.05) is 35.0 Å². The van der Waals surface area contributed by atoms with Gasteiger partial charge in [0.2, 0.25) is 0 Å². The molecule has 27 heavy (non-hydrogen) atoms. The van der Waals surface area contributed by atoms with Gasteiger partial charge in [-0.1, -0.05) is 6.07 Å². The van der Waals surface area contributed by atoms with Gasteiger partial charge < -0.3 is 23.7 Å². The van der Waals surface area contributed by atoms with Gasteiger partial charge in [0.25, 0.3) is 0 Å². The van der Waals surface area contributed by atoms with E-state index in [-0.39, 0.29) is 35.0 Å². The third-order valence-corrected chi connectivity index (χ3v) is 3.84. The van der Waals surface area contributed by atoms with Crippen LogP contribution in [0.5, 0.6) is 23.0 Å². The number of Topliss-reactive ketones (excluding diaryl/α,β-unsaturated/α-hetero) is 1. The molecule has 0 bridgehead atoms. The highest BCUT2D eigenvalue weighted by atomic mass is 16.5. The third-order valence-electron chi connectivity index (χ3n) is 3.84. The lowest BCUT2D eigenvalue weighted by atomic mass is 10.1. The number of ketones is 1. The van der Waals surface area contributed by atoms with Gasteiger partial charge in [-0.15, -0.1) is 0 Å². The van der Waals surface area contributed by atoms with Crippen LogP contribution in [0.4, 0.5) is 0 Å². The van der Waals surface area contributed by atoms with Gasteiger partial charge in [0, 0.05) is 19.2 Å². The second-order valence-electron chi connectivity index (χ2n) is 5.65. The first-order chi connectivity index (χ1) is 12.9. The number of hydrogen-bond donors (Lipinski definition) is 0. The van der Waals surface area contributed by atoms with Crippen molar-refractivity contribution in [2.45, 2.75) is 6.92 Å². The van der Waals surface area contributed by atoms with Crippen LogP contribution in [0.3, 0.4) is 0 Å². The van der Waals surface area contributed by atoms with Crippen molar-refractivity contribution in [3.8, 4) is 23.0 Å². The average molecular weight is 374 g/mol. The largest absolute Gasteiger partial charge is 0.496 e. The molecule has 0 radical (unpaired) electrons. The van der Waals surface area contributed by atoms with Gasteiger partial charge in [-0.05, 0) is 24.6 Å². The minimum absolute atomic E-state index is 0.118. The van der Waals surface area contributed by atoms with Crippen LogP contribution in [0.2, 0.25) is 0 Å². The minimum atomic E-state index is -0.690. The van der Waals surface area contributed by atoms with E-state index in [1.807, 2.05) is 6.92 Å². The molecule has 7 heteroatoms. The zero-order valence-electron chi connectivity index (χ0n) is 16.0. The molecule has 0 heterocycles. The topological polar surface area (TPSA) is 80.3 Å². The molecule has 0 saturated carbocycles. The van der Waals surface area contributed by atoms with Crippen LogP contribution in [0.25, 0.3) is 0 Å². The lowest BCUT2D eigenvalue weighted by Gasteiger charge is -2.15. The first-order valence-electron chi connectivity index (χ1n) is 8.10. The quantitative estimate of drug-likeness (QED) is 0.399. The molecule has 0 atom stereocenters. The minimum Gasteiger partial charge on any atom is -0.496 e. The molecule has 0 fully saturated rings. The lowest BCUT2D eigenvalue weighted by Crippen LogP contribution is -2.15. The molecule has 2 rings (SSSR count). The predicted molar refractivity (Wildman–Crippen MR) is 98.4 cm³/mol. The molecule has 0 aliphatic rings. The van der Waals surface area contributed by atoms with E-state index in [0.717, 1.165) is 5.56 Å². The number of carbonyl (C=O) groups is 2. The first kappa shape index (κ1) is 20.3. The molecule has 7 nitrogen and oxygen atoms in total. The van der Waals surface area contributed by atoms with Crippen LogP contribution in [-0.2, 0) is 4.74 Å². The average Bonchev–Trinajstić information content (AvgIpc) is 2.66. The smallest absolute Gasteiger partial charge is 0.347 e. The summed E-state index contributed by atoms with van der Waals surface area (Å²) in [7, 11) is 5.79. The summed E-state index contributed by atoms with van der Waals surface area (Å²) >= 11 is 0. The second-order valence-corrected chi connectivity index (χ2v) is 5.65. The van der Waals surface area contributed by atoms with Gasteiger partial charge >= 0.3 is 5.97 Å². The Morgan fingerprint density at radius 3 is 2.00 bits per heavy atom. The summed E-state index contributed by atoms with van der Waals surface area (Å²) in [5.74, 6) is 0.195. The molecule has 0 saturated heterocycles. The van der Waals surface area contributed by atoms with Crippen molar-refractivity contribution in [1.82, 2.24) is 0 Å². The third kappa shape index (κ3) is 4.57. The maximum atomic E-state index is 12.8. The van der Waals surface area contributed by atoms with Crippen LogP contribution in [-0.4, -0.2) is 46.8 Å². The number of hydrogen-bond acceptors (Lipinski definition) is 7. The normalized spacial score (nSPS) is 10.3. The molecular weight excluding hydrogens is 352 g/mol. The maximum absolute atomic E-state index is 12.8. The fourth-order valence-corrected chi connectivity index (χ4v) is 2.50. The molecule has 0 aliphatic heterocycles. The number of ether oxygens (including phenoxy) is 5. The van der Waals surface area contributed by atoms with Crippen molar-refractivity contribution in [2.24, 2.45) is 0 Å². The van der Waals surface area contributed by atoms with E-state index in [1.54, 1.807) is 18.2 Å². The van der Waals surface area contributed by atoms with E-state index >= 15 is 0 Å². The summed E-state index contributed by atoms with van der Waals surface area (Å²) in [5, 5.41) is 0. The van der Waals surface area contributed by atoms with Crippen LogP contribution >= 0.6 is 0 Å². The molecule has 0 amide bonds. The SMILES string of the molecule is COCC(=O)c1ccc(C)cc1OC(=O)c1cc(OC)c(OC)cc1OC. The molecule has 144 valence electrons. The van der Waals surface area contributed by atoms with Crippen molar-refractivity contribution in [1.29, 1.82) is 0 Å². The molecule has 2 aromatic rings. The summed E-state index contributed by atoms with van der Waals surface area (Å²) in [4.78, 5) is 25.0. The van der Waals surface area contributed by atoms with E-state index in [1.165, 1.54) is 40.6 Å². The summed E-state index contributed by atoms with van der Waals surface area (Å²) < 4.78 is 26.1. The van der Waals surface area contributed by atoms with E-state index in [4.69, 9.17) is 23.7 Å². The van der Waals surface area contributed by atoms with Crippen LogP contribution in [0.1, 0.15) is 26.3 Å². The number of methoxy groups -OCH3 is 4. The number of carbonyl (C=O) groups excluding carboxylic acids is 2. The highest BCUT2D eigenvalue weighted by Crippen LogP contribution is 2.35. The predicted octanol–water partition coefficient (Wildman–Crippen LogP) is 3.07. The monoisotopic (exact) mass is 374 g/mol. The van der Waals surface area contributed by atoms with Crippen molar-refractivity contribution < 1.29 is 33.3 Å². The maximum Gasteiger partial charge on any atom is 0.347 e. The zero-order valence-corrected chi connectivity index (χ0v) is 16.0. The second kappa shape index (κ2) is 9.05. The summed E-state index contributed by atoms with van der Waals surface area (Å²) in [6.45, 7) is 1.71. The van der Waals surface area contributed by atoms with Crippen molar-refractivity contribution in [3.05, 3.63) is 47.0 Å². The molecule has 0 spiro atoms. The molecule has 2 aromatic carbocycles. The Bertz CT molecular complexity index is 842. The van der Waals surface area contributed by atoms with Gasteiger partial charge in [-0.2, -0.15) is 0 Å². The molecular formula is C20H22O7. The van der Waals surface area contributed by atoms with E-state index in [9.17, 15) is 9.59 Å². The van der Waals surface area contributed by atoms with E-state index in [0.29, 0.717) is 11.5 Å². The summed E-state index contributed by atoms with van der Waals surface area (Å²) in [5.41, 5.74) is 1.24. The van der Waals surface area contributed by atoms with Crippen molar-refractivity contribution in [3.63, 3.8) is 0 Å². The lowest BCUT2D eigenvalue weighted by molar-refractivity contribution is 0.0725. The Morgan fingerprint density at radius 1 is 0.778 bits per heavy atom. The van der Waals surface area contributed by atoms with Crippen LogP contribution in [0, 0.1) is 6.92 Å². The molecule has 0 aliphatic carbocycles. The van der Waals surface area contributed by atoms with E-state index in [2.05, 4.69) is 0 Å². The Morgan fingerprint density at radius 2 is 1.41 bits per heavy atom.